The third-order valence-electron chi connectivity index (χ3n) is 6.04. The Morgan fingerprint density at radius 2 is 1.49 bits per heavy atom. The van der Waals surface area contributed by atoms with E-state index >= 15 is 0 Å². The van der Waals surface area contributed by atoms with E-state index in [9.17, 15) is 14.7 Å². The maximum Gasteiger partial charge on any atom is 0.345 e. The highest BCUT2D eigenvalue weighted by molar-refractivity contribution is 5.94. The number of carboxylic acid groups (broad SMARTS) is 1. The Labute approximate surface area is 216 Å². The Balaban J connectivity index is 1.42. The second kappa shape index (κ2) is 11.9. The minimum Gasteiger partial charge on any atom is -0.497 e. The lowest BCUT2D eigenvalue weighted by molar-refractivity contribution is -0.145. The zero-order chi connectivity index (χ0) is 26.2. The van der Waals surface area contributed by atoms with Crippen LogP contribution in [0.15, 0.2) is 103 Å². The van der Waals surface area contributed by atoms with Gasteiger partial charge in [0.1, 0.15) is 11.5 Å². The van der Waals surface area contributed by atoms with E-state index in [1.54, 1.807) is 55.5 Å². The van der Waals surface area contributed by atoms with Crippen molar-refractivity contribution in [1.29, 1.82) is 0 Å². The molecule has 0 bridgehead atoms. The number of carbonyl (C=O) groups is 2. The molecule has 0 heterocycles. The van der Waals surface area contributed by atoms with Gasteiger partial charge in [0.25, 0.3) is 5.91 Å². The molecule has 0 aromatic heterocycles. The summed E-state index contributed by atoms with van der Waals surface area (Å²) in [5, 5.41) is 9.61. The van der Waals surface area contributed by atoms with Crippen LogP contribution in [0.3, 0.4) is 0 Å². The fourth-order valence-corrected chi connectivity index (χ4v) is 4.04. The summed E-state index contributed by atoms with van der Waals surface area (Å²) in [6.07, 6.45) is -0.724. The Bertz CT molecular complexity index is 1330. The summed E-state index contributed by atoms with van der Waals surface area (Å²) in [4.78, 5) is 26.2. The van der Waals surface area contributed by atoms with E-state index in [-0.39, 0.29) is 12.3 Å². The van der Waals surface area contributed by atoms with E-state index in [0.29, 0.717) is 23.6 Å². The number of methoxy groups -OCH3 is 1. The van der Waals surface area contributed by atoms with Crippen molar-refractivity contribution < 1.29 is 24.2 Å². The van der Waals surface area contributed by atoms with Gasteiger partial charge in [-0.2, -0.15) is 0 Å². The first-order chi connectivity index (χ1) is 17.9. The van der Waals surface area contributed by atoms with Crippen molar-refractivity contribution >= 4 is 11.9 Å². The Morgan fingerprint density at radius 3 is 2.14 bits per heavy atom. The molecule has 188 valence electrons. The molecule has 4 aromatic rings. The van der Waals surface area contributed by atoms with E-state index < -0.39 is 12.1 Å². The van der Waals surface area contributed by atoms with E-state index in [1.807, 2.05) is 60.7 Å². The molecule has 1 N–H and O–H groups in total. The Morgan fingerprint density at radius 1 is 0.784 bits per heavy atom. The molecule has 0 radical (unpaired) electrons. The largest absolute Gasteiger partial charge is 0.497 e. The quantitative estimate of drug-likeness (QED) is 0.305. The fraction of sp³-hybridized carbons (Fsp3) is 0.161. The predicted molar refractivity (Wildman–Crippen MR) is 143 cm³/mol. The lowest BCUT2D eigenvalue weighted by atomic mass is 9.99. The minimum atomic E-state index is -1.01. The molecule has 0 spiro atoms. The van der Waals surface area contributed by atoms with Crippen LogP contribution in [-0.2, 0) is 17.8 Å². The number of rotatable bonds is 10. The van der Waals surface area contributed by atoms with Crippen LogP contribution in [0.4, 0.5) is 0 Å². The summed E-state index contributed by atoms with van der Waals surface area (Å²) in [6.45, 7) is 0.466. The third-order valence-corrected chi connectivity index (χ3v) is 6.04. The molecule has 6 heteroatoms. The van der Waals surface area contributed by atoms with E-state index in [1.165, 1.54) is 0 Å². The second-order valence-corrected chi connectivity index (χ2v) is 8.75. The highest BCUT2D eigenvalue weighted by Gasteiger charge is 2.20. The maximum atomic E-state index is 12.8. The maximum absolute atomic E-state index is 12.8. The van der Waals surface area contributed by atoms with Crippen molar-refractivity contribution in [3.8, 4) is 22.6 Å². The number of ether oxygens (including phenoxy) is 2. The smallest absolute Gasteiger partial charge is 0.345 e. The van der Waals surface area contributed by atoms with E-state index in [4.69, 9.17) is 9.47 Å². The summed E-state index contributed by atoms with van der Waals surface area (Å²) >= 11 is 0. The van der Waals surface area contributed by atoms with E-state index in [2.05, 4.69) is 6.07 Å². The van der Waals surface area contributed by atoms with Crippen LogP contribution in [0.1, 0.15) is 21.5 Å². The van der Waals surface area contributed by atoms with Gasteiger partial charge in [-0.25, -0.2) is 4.79 Å². The average molecular weight is 496 g/mol. The van der Waals surface area contributed by atoms with Gasteiger partial charge in [-0.15, -0.1) is 0 Å². The van der Waals surface area contributed by atoms with Crippen LogP contribution in [-0.4, -0.2) is 42.1 Å². The number of hydrogen-bond acceptors (Lipinski definition) is 4. The van der Waals surface area contributed by atoms with Crippen molar-refractivity contribution in [2.45, 2.75) is 19.1 Å². The number of amides is 1. The van der Waals surface area contributed by atoms with Crippen LogP contribution < -0.4 is 9.47 Å². The molecular formula is C31H29NO5. The number of aliphatic carboxylic acids is 1. The average Bonchev–Trinajstić information content (AvgIpc) is 2.93. The van der Waals surface area contributed by atoms with Gasteiger partial charge in [-0.1, -0.05) is 60.7 Å². The van der Waals surface area contributed by atoms with Crippen molar-refractivity contribution in [2.24, 2.45) is 0 Å². The number of nitrogens with zero attached hydrogens (tertiary/aromatic N) is 1. The first-order valence-corrected chi connectivity index (χ1v) is 11.9. The van der Waals surface area contributed by atoms with Crippen molar-refractivity contribution in [1.82, 2.24) is 4.90 Å². The zero-order valence-corrected chi connectivity index (χ0v) is 20.8. The van der Waals surface area contributed by atoms with Gasteiger partial charge in [0, 0.05) is 25.6 Å². The van der Waals surface area contributed by atoms with Crippen molar-refractivity contribution in [3.63, 3.8) is 0 Å². The first kappa shape index (κ1) is 25.5. The molecule has 6 nitrogen and oxygen atoms in total. The van der Waals surface area contributed by atoms with Gasteiger partial charge >= 0.3 is 5.97 Å². The Kier molecular flexibility index (Phi) is 8.21. The third kappa shape index (κ3) is 6.76. The summed E-state index contributed by atoms with van der Waals surface area (Å²) in [6, 6.07) is 31.9. The van der Waals surface area contributed by atoms with Crippen LogP contribution in [0.2, 0.25) is 0 Å². The lowest BCUT2D eigenvalue weighted by Gasteiger charge is -2.18. The number of carboxylic acids is 1. The van der Waals surface area contributed by atoms with Crippen molar-refractivity contribution in [3.05, 3.63) is 120 Å². The summed E-state index contributed by atoms with van der Waals surface area (Å²) < 4.78 is 10.8. The molecular weight excluding hydrogens is 466 g/mol. The highest BCUT2D eigenvalue weighted by atomic mass is 16.5. The predicted octanol–water partition coefficient (Wildman–Crippen LogP) is 5.71. The molecule has 37 heavy (non-hydrogen) atoms. The monoisotopic (exact) mass is 495 g/mol. The van der Waals surface area contributed by atoms with Crippen LogP contribution in [0.25, 0.3) is 11.1 Å². The van der Waals surface area contributed by atoms with Gasteiger partial charge in [-0.3, -0.25) is 4.79 Å². The summed E-state index contributed by atoms with van der Waals surface area (Å²) in [7, 11) is 3.38. The first-order valence-electron chi connectivity index (χ1n) is 11.9. The number of para-hydroxylation sites is 1. The van der Waals surface area contributed by atoms with Gasteiger partial charge in [0.15, 0.2) is 6.10 Å². The number of carbonyl (C=O) groups excluding carboxylic acids is 1. The molecule has 0 fully saturated rings. The number of hydrogen-bond donors (Lipinski definition) is 1. The van der Waals surface area contributed by atoms with Crippen LogP contribution >= 0.6 is 0 Å². The number of benzene rings is 4. The van der Waals surface area contributed by atoms with E-state index in [0.717, 1.165) is 22.3 Å². The van der Waals surface area contributed by atoms with Gasteiger partial charge in [0.2, 0.25) is 0 Å². The standard InChI is InChI=1S/C31H29NO5/c1-32(30(33)25-15-17-27(36-2)18-16-25)21-23-7-6-8-26(19-23)24-13-11-22(12-14-24)20-29(31(34)35)37-28-9-4-3-5-10-28/h3-19,29H,20-21H2,1-2H3,(H,34,35). The molecule has 1 unspecified atom stereocenters. The molecule has 4 rings (SSSR count). The second-order valence-electron chi connectivity index (χ2n) is 8.75. The molecule has 0 aliphatic carbocycles. The Hall–Kier alpha value is -4.58. The van der Waals surface area contributed by atoms with Gasteiger partial charge < -0.3 is 19.5 Å². The molecule has 0 saturated heterocycles. The minimum absolute atomic E-state index is 0.0666. The van der Waals surface area contributed by atoms with Crippen molar-refractivity contribution in [2.75, 3.05) is 14.2 Å². The summed E-state index contributed by atoms with van der Waals surface area (Å²) in [5.41, 5.74) is 4.50. The zero-order valence-electron chi connectivity index (χ0n) is 20.8. The highest BCUT2D eigenvalue weighted by Crippen LogP contribution is 2.23. The normalized spacial score (nSPS) is 11.4. The van der Waals surface area contributed by atoms with Gasteiger partial charge in [0.05, 0.1) is 7.11 Å². The fourth-order valence-electron chi connectivity index (χ4n) is 4.04. The lowest BCUT2D eigenvalue weighted by Crippen LogP contribution is -2.29. The topological polar surface area (TPSA) is 76.1 Å². The molecule has 0 aliphatic rings. The molecule has 0 saturated carbocycles. The molecule has 4 aromatic carbocycles. The molecule has 0 aliphatic heterocycles. The molecule has 1 amide bonds. The van der Waals surface area contributed by atoms with Crippen LogP contribution in [0, 0.1) is 0 Å². The van der Waals surface area contributed by atoms with Gasteiger partial charge in [-0.05, 0) is 64.7 Å². The SMILES string of the molecule is COc1ccc(C(=O)N(C)Cc2cccc(-c3ccc(CC(Oc4ccccc4)C(=O)O)cc3)c2)cc1. The van der Waals surface area contributed by atoms with Crippen LogP contribution in [0.5, 0.6) is 11.5 Å². The molecule has 1 atom stereocenters. The summed E-state index contributed by atoms with van der Waals surface area (Å²) in [5.74, 6) is 0.163.